The van der Waals surface area contributed by atoms with E-state index in [0.29, 0.717) is 11.1 Å². The fourth-order valence-electron chi connectivity index (χ4n) is 4.05. The average Bonchev–Trinajstić information content (AvgIpc) is 2.75. The second-order valence-corrected chi connectivity index (χ2v) is 8.11. The Hall–Kier alpha value is -3.18. The SMILES string of the molecule is CCN(CCCN(C)C)c1ccc2c(-c3ccc(F)cc3)c3ccc(=N)cc-3oc2c1. The number of rotatable bonds is 7. The van der Waals surface area contributed by atoms with E-state index in [1.165, 1.54) is 12.1 Å². The Morgan fingerprint density at radius 3 is 2.42 bits per heavy atom. The van der Waals surface area contributed by atoms with E-state index in [2.05, 4.69) is 49.0 Å². The molecule has 31 heavy (non-hydrogen) atoms. The van der Waals surface area contributed by atoms with Gasteiger partial charge >= 0.3 is 0 Å². The van der Waals surface area contributed by atoms with Gasteiger partial charge in [-0.3, -0.25) is 0 Å². The summed E-state index contributed by atoms with van der Waals surface area (Å²) >= 11 is 0. The van der Waals surface area contributed by atoms with Crippen LogP contribution in [0, 0.1) is 11.2 Å². The summed E-state index contributed by atoms with van der Waals surface area (Å²) in [5, 5.41) is 9.39. The van der Waals surface area contributed by atoms with Crippen LogP contribution in [-0.2, 0) is 0 Å². The van der Waals surface area contributed by atoms with Crippen molar-refractivity contribution in [2.75, 3.05) is 38.6 Å². The van der Waals surface area contributed by atoms with Crippen molar-refractivity contribution in [1.29, 1.82) is 5.41 Å². The molecule has 1 heterocycles. The fraction of sp³-hybridized carbons (Fsp3) is 0.269. The topological polar surface area (TPSA) is 43.5 Å². The van der Waals surface area contributed by atoms with Gasteiger partial charge in [0.2, 0.25) is 0 Å². The fourth-order valence-corrected chi connectivity index (χ4v) is 4.05. The van der Waals surface area contributed by atoms with Crippen LogP contribution >= 0.6 is 0 Å². The van der Waals surface area contributed by atoms with Crippen LogP contribution < -0.4 is 10.3 Å². The van der Waals surface area contributed by atoms with E-state index in [-0.39, 0.29) is 5.82 Å². The third-order valence-corrected chi connectivity index (χ3v) is 5.62. The maximum absolute atomic E-state index is 13.6. The highest BCUT2D eigenvalue weighted by molar-refractivity contribution is 6.02. The van der Waals surface area contributed by atoms with Gasteiger partial charge in [0.1, 0.15) is 17.2 Å². The lowest BCUT2D eigenvalue weighted by Gasteiger charge is -2.25. The van der Waals surface area contributed by atoms with Crippen molar-refractivity contribution in [2.45, 2.75) is 13.3 Å². The summed E-state index contributed by atoms with van der Waals surface area (Å²) in [5.74, 6) is 0.400. The van der Waals surface area contributed by atoms with Gasteiger partial charge in [-0.1, -0.05) is 12.1 Å². The number of fused-ring (bicyclic) bond motifs is 2. The Bertz CT molecular complexity index is 1210. The van der Waals surface area contributed by atoms with E-state index >= 15 is 0 Å². The van der Waals surface area contributed by atoms with Gasteiger partial charge in [0.05, 0.1) is 5.36 Å². The summed E-state index contributed by atoms with van der Waals surface area (Å²) in [6.07, 6.45) is 1.08. The van der Waals surface area contributed by atoms with Crippen LogP contribution in [0.1, 0.15) is 13.3 Å². The van der Waals surface area contributed by atoms with Crippen molar-refractivity contribution in [3.63, 3.8) is 0 Å². The van der Waals surface area contributed by atoms with Crippen molar-refractivity contribution in [3.8, 4) is 22.5 Å². The number of anilines is 1. The van der Waals surface area contributed by atoms with Crippen LogP contribution in [0.25, 0.3) is 33.4 Å². The van der Waals surface area contributed by atoms with Crippen molar-refractivity contribution in [3.05, 3.63) is 71.8 Å². The minimum absolute atomic E-state index is 0.259. The normalized spacial score (nSPS) is 11.5. The lowest BCUT2D eigenvalue weighted by Crippen LogP contribution is -2.26. The van der Waals surface area contributed by atoms with Gasteiger partial charge in [0.15, 0.2) is 0 Å². The molecule has 2 aromatic rings. The van der Waals surface area contributed by atoms with Crippen LogP contribution in [0.2, 0.25) is 0 Å². The predicted octanol–water partition coefficient (Wildman–Crippen LogP) is 5.60. The quantitative estimate of drug-likeness (QED) is 0.398. The van der Waals surface area contributed by atoms with Crippen LogP contribution in [0.5, 0.6) is 0 Å². The molecule has 1 N–H and O–H groups in total. The van der Waals surface area contributed by atoms with Crippen molar-refractivity contribution >= 4 is 16.7 Å². The summed E-state index contributed by atoms with van der Waals surface area (Å²) in [4.78, 5) is 4.55. The van der Waals surface area contributed by atoms with E-state index in [9.17, 15) is 4.39 Å². The van der Waals surface area contributed by atoms with Gasteiger partial charge in [-0.2, -0.15) is 0 Å². The molecule has 0 atom stereocenters. The average molecular weight is 418 g/mol. The first kappa shape index (κ1) is 21.1. The summed E-state index contributed by atoms with van der Waals surface area (Å²) in [5.41, 5.74) is 4.72. The molecule has 0 bridgehead atoms. The van der Waals surface area contributed by atoms with Crippen LogP contribution in [0.15, 0.2) is 65.1 Å². The molecule has 2 aromatic carbocycles. The van der Waals surface area contributed by atoms with Gasteiger partial charge in [0, 0.05) is 47.4 Å². The molecule has 0 aromatic heterocycles. The third-order valence-electron chi connectivity index (χ3n) is 5.62. The zero-order valence-electron chi connectivity index (χ0n) is 18.3. The zero-order chi connectivity index (χ0) is 22.0. The van der Waals surface area contributed by atoms with E-state index in [0.717, 1.165) is 59.4 Å². The molecular weight excluding hydrogens is 389 g/mol. The minimum Gasteiger partial charge on any atom is -0.456 e. The molecule has 0 amide bonds. The highest BCUT2D eigenvalue weighted by atomic mass is 19.1. The summed E-state index contributed by atoms with van der Waals surface area (Å²) in [6, 6.07) is 18.3. The standard InChI is InChI=1S/C26H28FN3O/c1-4-30(15-5-14-29(2)3)21-11-13-23-25(17-21)31-24-16-20(28)10-12-22(24)26(23)18-6-8-19(27)9-7-18/h6-13,16-17,28H,4-5,14-15H2,1-3H3. The van der Waals surface area contributed by atoms with Crippen LogP contribution in [0.4, 0.5) is 10.1 Å². The Balaban J connectivity index is 1.86. The number of benzene rings is 3. The molecule has 0 unspecified atom stereocenters. The van der Waals surface area contributed by atoms with Crippen molar-refractivity contribution in [1.82, 2.24) is 4.90 Å². The Morgan fingerprint density at radius 2 is 1.71 bits per heavy atom. The number of hydrogen-bond acceptors (Lipinski definition) is 4. The number of nitrogens with zero attached hydrogens (tertiary/aromatic N) is 2. The first-order valence-corrected chi connectivity index (χ1v) is 10.7. The Labute approximate surface area is 182 Å². The van der Waals surface area contributed by atoms with Crippen LogP contribution in [0.3, 0.4) is 0 Å². The molecule has 4 nitrogen and oxygen atoms in total. The molecular formula is C26H28FN3O. The molecule has 5 heteroatoms. The Morgan fingerprint density at radius 1 is 0.935 bits per heavy atom. The predicted molar refractivity (Wildman–Crippen MR) is 125 cm³/mol. The summed E-state index contributed by atoms with van der Waals surface area (Å²) < 4.78 is 19.8. The highest BCUT2D eigenvalue weighted by Gasteiger charge is 2.18. The number of nitrogens with one attached hydrogen (secondary N) is 1. The molecule has 0 saturated carbocycles. The summed E-state index contributed by atoms with van der Waals surface area (Å²) in [7, 11) is 4.18. The maximum atomic E-state index is 13.6. The molecule has 0 radical (unpaired) electrons. The number of halogens is 1. The van der Waals surface area contributed by atoms with Crippen molar-refractivity contribution < 1.29 is 8.81 Å². The molecule has 160 valence electrons. The van der Waals surface area contributed by atoms with Gasteiger partial charge < -0.3 is 19.6 Å². The van der Waals surface area contributed by atoms with Gasteiger partial charge in [0.25, 0.3) is 0 Å². The van der Waals surface area contributed by atoms with E-state index in [4.69, 9.17) is 9.83 Å². The molecule has 2 aliphatic rings. The molecule has 0 saturated heterocycles. The van der Waals surface area contributed by atoms with E-state index < -0.39 is 0 Å². The zero-order valence-corrected chi connectivity index (χ0v) is 18.3. The molecule has 1 aliphatic carbocycles. The lowest BCUT2D eigenvalue weighted by atomic mass is 9.93. The third kappa shape index (κ3) is 4.47. The van der Waals surface area contributed by atoms with Gasteiger partial charge in [-0.05, 0) is 75.9 Å². The van der Waals surface area contributed by atoms with Crippen LogP contribution in [-0.4, -0.2) is 38.6 Å². The maximum Gasteiger partial charge on any atom is 0.137 e. The minimum atomic E-state index is -0.259. The number of hydrogen-bond donors (Lipinski definition) is 1. The smallest absolute Gasteiger partial charge is 0.137 e. The van der Waals surface area contributed by atoms with E-state index in [1.807, 2.05) is 6.07 Å². The molecule has 0 fully saturated rings. The van der Waals surface area contributed by atoms with Crippen molar-refractivity contribution in [2.24, 2.45) is 0 Å². The van der Waals surface area contributed by atoms with Gasteiger partial charge in [-0.15, -0.1) is 0 Å². The lowest BCUT2D eigenvalue weighted by molar-refractivity contribution is 0.400. The largest absolute Gasteiger partial charge is 0.456 e. The van der Waals surface area contributed by atoms with Gasteiger partial charge in [-0.25, -0.2) is 4.39 Å². The monoisotopic (exact) mass is 417 g/mol. The molecule has 1 aliphatic heterocycles. The first-order valence-electron chi connectivity index (χ1n) is 10.7. The first-order chi connectivity index (χ1) is 15.0. The van der Waals surface area contributed by atoms with E-state index in [1.54, 1.807) is 24.3 Å². The highest BCUT2D eigenvalue weighted by Crippen LogP contribution is 2.40. The second kappa shape index (κ2) is 8.90. The summed E-state index contributed by atoms with van der Waals surface area (Å²) in [6.45, 7) is 5.08. The Kier molecular flexibility index (Phi) is 6.05. The molecule has 0 spiro atoms. The second-order valence-electron chi connectivity index (χ2n) is 8.11. The molecule has 4 rings (SSSR count).